The summed E-state index contributed by atoms with van der Waals surface area (Å²) in [5.74, 6) is 0.444. The third-order valence-electron chi connectivity index (χ3n) is 3.20. The van der Waals surface area contributed by atoms with Crippen LogP contribution in [0.3, 0.4) is 0 Å². The third-order valence-corrected chi connectivity index (χ3v) is 3.20. The van der Waals surface area contributed by atoms with Crippen molar-refractivity contribution < 1.29 is 14.3 Å². The third kappa shape index (κ3) is 3.50. The molecule has 20 heavy (non-hydrogen) atoms. The smallest absolute Gasteiger partial charge is 0.265 e. The normalized spacial score (nSPS) is 16.9. The maximum atomic E-state index is 11.7. The molecule has 1 aromatic rings. The van der Waals surface area contributed by atoms with E-state index in [0.29, 0.717) is 23.5 Å². The molecule has 0 fully saturated rings. The highest BCUT2D eigenvalue weighted by molar-refractivity contribution is 5.99. The number of hydrogen-bond acceptors (Lipinski definition) is 3. The minimum atomic E-state index is -0.489. The lowest BCUT2D eigenvalue weighted by Gasteiger charge is -2.23. The number of nitrogens with one attached hydrogen (secondary N) is 2. The van der Waals surface area contributed by atoms with Crippen LogP contribution in [0.1, 0.15) is 39.5 Å². The van der Waals surface area contributed by atoms with E-state index in [2.05, 4.69) is 17.6 Å². The lowest BCUT2D eigenvalue weighted by atomic mass is 10.2. The Morgan fingerprint density at radius 1 is 1.40 bits per heavy atom. The Morgan fingerprint density at radius 2 is 2.20 bits per heavy atom. The number of anilines is 2. The maximum absolute atomic E-state index is 11.7. The standard InChI is InChI=1S/C15H20N2O3/c1-3-4-5-6-14(18)16-11-7-8-13-12(9-11)17-15(19)10(2)20-13/h7-10H,3-6H2,1-2H3,(H,16,18)(H,17,19)/t10-/m0/s1. The molecule has 2 amide bonds. The van der Waals surface area contributed by atoms with Gasteiger partial charge in [0.25, 0.3) is 5.91 Å². The van der Waals surface area contributed by atoms with E-state index in [-0.39, 0.29) is 11.8 Å². The van der Waals surface area contributed by atoms with Crippen LogP contribution >= 0.6 is 0 Å². The molecule has 0 unspecified atom stereocenters. The number of carbonyl (C=O) groups excluding carboxylic acids is 2. The van der Waals surface area contributed by atoms with Crippen LogP contribution in [0.2, 0.25) is 0 Å². The highest BCUT2D eigenvalue weighted by Crippen LogP contribution is 2.32. The van der Waals surface area contributed by atoms with Gasteiger partial charge >= 0.3 is 0 Å². The average Bonchev–Trinajstić information content (AvgIpc) is 2.41. The first-order valence-corrected chi connectivity index (χ1v) is 7.01. The predicted octanol–water partition coefficient (Wildman–Crippen LogP) is 2.92. The average molecular weight is 276 g/mol. The molecule has 1 aliphatic heterocycles. The molecule has 1 atom stereocenters. The zero-order chi connectivity index (χ0) is 14.5. The van der Waals surface area contributed by atoms with Crippen LogP contribution in [0.4, 0.5) is 11.4 Å². The molecule has 2 N–H and O–H groups in total. The van der Waals surface area contributed by atoms with E-state index >= 15 is 0 Å². The highest BCUT2D eigenvalue weighted by Gasteiger charge is 2.23. The Balaban J connectivity index is 1.99. The fourth-order valence-corrected chi connectivity index (χ4v) is 2.05. The monoisotopic (exact) mass is 276 g/mol. The van der Waals surface area contributed by atoms with Gasteiger partial charge in [0.2, 0.25) is 5.91 Å². The van der Waals surface area contributed by atoms with Crippen LogP contribution in [0.5, 0.6) is 5.75 Å². The van der Waals surface area contributed by atoms with E-state index in [1.54, 1.807) is 25.1 Å². The van der Waals surface area contributed by atoms with Gasteiger partial charge in [0.15, 0.2) is 6.10 Å². The van der Waals surface area contributed by atoms with Gasteiger partial charge in [0.1, 0.15) is 5.75 Å². The minimum absolute atomic E-state index is 0.00479. The molecule has 0 saturated carbocycles. The molecule has 2 rings (SSSR count). The maximum Gasteiger partial charge on any atom is 0.265 e. The summed E-state index contributed by atoms with van der Waals surface area (Å²) < 4.78 is 5.46. The molecule has 0 spiro atoms. The highest BCUT2D eigenvalue weighted by atomic mass is 16.5. The zero-order valence-corrected chi connectivity index (χ0v) is 11.9. The van der Waals surface area contributed by atoms with Crippen LogP contribution in [-0.2, 0) is 9.59 Å². The Bertz CT molecular complexity index is 514. The first-order valence-electron chi connectivity index (χ1n) is 7.01. The molecule has 0 radical (unpaired) electrons. The molecule has 1 aromatic carbocycles. The summed E-state index contributed by atoms with van der Waals surface area (Å²) in [4.78, 5) is 23.3. The molecule has 108 valence electrons. The van der Waals surface area contributed by atoms with Crippen molar-refractivity contribution in [2.75, 3.05) is 10.6 Å². The molecule has 0 aliphatic carbocycles. The summed E-state index contributed by atoms with van der Waals surface area (Å²) in [5, 5.41) is 5.59. The van der Waals surface area contributed by atoms with Crippen molar-refractivity contribution in [1.29, 1.82) is 0 Å². The van der Waals surface area contributed by atoms with Crippen LogP contribution in [0.15, 0.2) is 18.2 Å². The summed E-state index contributed by atoms with van der Waals surface area (Å²) in [6.45, 7) is 3.80. The fourth-order valence-electron chi connectivity index (χ4n) is 2.05. The van der Waals surface area contributed by atoms with E-state index in [0.717, 1.165) is 19.3 Å². The number of ether oxygens (including phenoxy) is 1. The summed E-state index contributed by atoms with van der Waals surface area (Å²) in [5.41, 5.74) is 1.27. The molecule has 1 heterocycles. The Morgan fingerprint density at radius 3 is 2.95 bits per heavy atom. The zero-order valence-electron chi connectivity index (χ0n) is 11.9. The quantitative estimate of drug-likeness (QED) is 0.812. The van der Waals surface area contributed by atoms with Gasteiger partial charge < -0.3 is 15.4 Å². The van der Waals surface area contributed by atoms with Crippen molar-refractivity contribution in [2.45, 2.75) is 45.6 Å². The van der Waals surface area contributed by atoms with Crippen molar-refractivity contribution in [3.8, 4) is 5.75 Å². The Labute approximate surface area is 118 Å². The van der Waals surface area contributed by atoms with Gasteiger partial charge in [-0.15, -0.1) is 0 Å². The van der Waals surface area contributed by atoms with Gasteiger partial charge in [-0.25, -0.2) is 0 Å². The second-order valence-corrected chi connectivity index (χ2v) is 4.97. The largest absolute Gasteiger partial charge is 0.479 e. The van der Waals surface area contributed by atoms with Gasteiger partial charge in [-0.3, -0.25) is 9.59 Å². The fraction of sp³-hybridized carbons (Fsp3) is 0.467. The minimum Gasteiger partial charge on any atom is -0.479 e. The van der Waals surface area contributed by atoms with Gasteiger partial charge in [0, 0.05) is 12.1 Å². The van der Waals surface area contributed by atoms with E-state index in [4.69, 9.17) is 4.74 Å². The number of hydrogen-bond donors (Lipinski definition) is 2. The Hall–Kier alpha value is -2.04. The van der Waals surface area contributed by atoms with Crippen molar-refractivity contribution >= 4 is 23.2 Å². The predicted molar refractivity (Wildman–Crippen MR) is 77.9 cm³/mol. The molecular formula is C15H20N2O3. The summed E-state index contributed by atoms with van der Waals surface area (Å²) in [6, 6.07) is 5.25. The molecule has 1 aliphatic rings. The van der Waals surface area contributed by atoms with Gasteiger partial charge in [-0.1, -0.05) is 19.8 Å². The number of benzene rings is 1. The molecule has 0 aromatic heterocycles. The summed E-state index contributed by atoms with van der Waals surface area (Å²) >= 11 is 0. The van der Waals surface area contributed by atoms with Crippen molar-refractivity contribution in [1.82, 2.24) is 0 Å². The molecule has 0 saturated heterocycles. The summed E-state index contributed by atoms with van der Waals surface area (Å²) in [7, 11) is 0. The second kappa shape index (κ2) is 6.41. The number of carbonyl (C=O) groups is 2. The molecular weight excluding hydrogens is 256 g/mol. The van der Waals surface area contributed by atoms with E-state index in [1.165, 1.54) is 0 Å². The topological polar surface area (TPSA) is 67.4 Å². The first-order chi connectivity index (χ1) is 9.60. The number of unbranched alkanes of at least 4 members (excludes halogenated alkanes) is 2. The van der Waals surface area contributed by atoms with Crippen molar-refractivity contribution in [3.63, 3.8) is 0 Å². The second-order valence-electron chi connectivity index (χ2n) is 4.97. The lowest BCUT2D eigenvalue weighted by Crippen LogP contribution is -2.34. The number of amides is 2. The number of fused-ring (bicyclic) bond motifs is 1. The number of rotatable bonds is 5. The van der Waals surface area contributed by atoms with E-state index < -0.39 is 6.10 Å². The lowest BCUT2D eigenvalue weighted by molar-refractivity contribution is -0.122. The molecule has 5 heteroatoms. The van der Waals surface area contributed by atoms with Gasteiger partial charge in [-0.2, -0.15) is 0 Å². The van der Waals surface area contributed by atoms with Crippen LogP contribution < -0.4 is 15.4 Å². The van der Waals surface area contributed by atoms with Crippen LogP contribution in [-0.4, -0.2) is 17.9 Å². The first kappa shape index (κ1) is 14.4. The van der Waals surface area contributed by atoms with Crippen molar-refractivity contribution in [2.24, 2.45) is 0 Å². The molecule has 5 nitrogen and oxygen atoms in total. The Kier molecular flexibility index (Phi) is 4.61. The van der Waals surface area contributed by atoms with Gasteiger partial charge in [0.05, 0.1) is 5.69 Å². The molecule has 0 bridgehead atoms. The van der Waals surface area contributed by atoms with Crippen LogP contribution in [0, 0.1) is 0 Å². The van der Waals surface area contributed by atoms with Crippen molar-refractivity contribution in [3.05, 3.63) is 18.2 Å². The van der Waals surface area contributed by atoms with Gasteiger partial charge in [-0.05, 0) is 31.5 Å². The van der Waals surface area contributed by atoms with E-state index in [1.807, 2.05) is 0 Å². The summed E-state index contributed by atoms with van der Waals surface area (Å²) in [6.07, 6.45) is 3.07. The van der Waals surface area contributed by atoms with Crippen LogP contribution in [0.25, 0.3) is 0 Å². The van der Waals surface area contributed by atoms with E-state index in [9.17, 15) is 9.59 Å². The SMILES string of the molecule is CCCCCC(=O)Nc1ccc2c(c1)NC(=O)[C@H](C)O2.